The Kier molecular flexibility index (Phi) is 14.3. The van der Waals surface area contributed by atoms with E-state index in [2.05, 4.69) is 37.2 Å². The molecule has 4 nitrogen and oxygen atoms in total. The number of benzene rings is 4. The first-order valence-electron chi connectivity index (χ1n) is 11.6. The maximum atomic E-state index is 11.7. The zero-order chi connectivity index (χ0) is 26.9. The molecule has 0 unspecified atom stereocenters. The first kappa shape index (κ1) is 30.3. The lowest BCUT2D eigenvalue weighted by molar-refractivity contribution is -0.116. The summed E-state index contributed by atoms with van der Waals surface area (Å²) >= 11 is 11.8. The van der Waals surface area contributed by atoms with Gasteiger partial charge in [0, 0.05) is 33.2 Å². The topological polar surface area (TPSA) is 72.2 Å². The molecule has 0 spiro atoms. The summed E-state index contributed by atoms with van der Waals surface area (Å²) in [4.78, 5) is 22.1. The molecule has 0 aliphatic rings. The van der Waals surface area contributed by atoms with Crippen LogP contribution in [0.2, 0.25) is 0 Å². The summed E-state index contributed by atoms with van der Waals surface area (Å²) in [6, 6.07) is 35.0. The molecule has 0 saturated heterocycles. The van der Waals surface area contributed by atoms with Gasteiger partial charge in [-0.1, -0.05) is 92.5 Å². The van der Waals surface area contributed by atoms with Crippen molar-refractivity contribution in [2.75, 3.05) is 11.1 Å². The van der Waals surface area contributed by atoms with Gasteiger partial charge in [0.05, 0.1) is 0 Å². The smallest absolute Gasteiger partial charge is 0.224 e. The summed E-state index contributed by atoms with van der Waals surface area (Å²) in [6.07, 6.45) is 2.43. The molecule has 0 bridgehead atoms. The van der Waals surface area contributed by atoms with E-state index in [1.165, 1.54) is 5.56 Å². The fourth-order valence-corrected chi connectivity index (χ4v) is 3.63. The highest BCUT2D eigenvalue weighted by molar-refractivity contribution is 9.10. The number of hydrogen-bond donors (Lipinski definition) is 2. The zero-order valence-electron chi connectivity index (χ0n) is 20.2. The summed E-state index contributed by atoms with van der Waals surface area (Å²) in [7, 11) is 0. The fourth-order valence-electron chi connectivity index (χ4n) is 3.01. The molecular weight excluding hydrogens is 616 g/mol. The van der Waals surface area contributed by atoms with Crippen LogP contribution in [-0.4, -0.2) is 11.1 Å². The molecule has 0 saturated carbocycles. The molecule has 1 amide bonds. The highest BCUT2D eigenvalue weighted by Gasteiger charge is 2.03. The molecule has 7 heteroatoms. The molecule has 0 fully saturated rings. The van der Waals surface area contributed by atoms with Gasteiger partial charge in [-0.15, -0.1) is 0 Å². The second-order valence-corrected chi connectivity index (χ2v) is 10.2. The van der Waals surface area contributed by atoms with E-state index in [1.54, 1.807) is 0 Å². The van der Waals surface area contributed by atoms with Gasteiger partial charge in [0.1, 0.15) is 0 Å². The third-order valence-corrected chi connectivity index (χ3v) is 6.18. The van der Waals surface area contributed by atoms with Crippen LogP contribution in [0.5, 0.6) is 0 Å². The fraction of sp³-hybridized carbons (Fsp3) is 0.133. The van der Waals surface area contributed by atoms with Crippen LogP contribution in [0.1, 0.15) is 24.0 Å². The number of carbonyl (C=O) groups is 2. The van der Waals surface area contributed by atoms with Crippen LogP contribution < -0.4 is 11.1 Å². The van der Waals surface area contributed by atoms with Gasteiger partial charge in [-0.25, -0.2) is 0 Å². The van der Waals surface area contributed by atoms with Crippen LogP contribution in [0, 0.1) is 0 Å². The van der Waals surface area contributed by atoms with Crippen LogP contribution in [0.25, 0.3) is 0 Å². The van der Waals surface area contributed by atoms with E-state index < -0.39 is 0 Å². The van der Waals surface area contributed by atoms with Gasteiger partial charge in [-0.2, -0.15) is 0 Å². The molecule has 0 radical (unpaired) electrons. The van der Waals surface area contributed by atoms with Crippen molar-refractivity contribution >= 4 is 66.0 Å². The molecule has 0 atom stereocenters. The molecule has 4 rings (SSSR count). The van der Waals surface area contributed by atoms with Crippen molar-refractivity contribution in [2.24, 2.45) is 0 Å². The van der Waals surface area contributed by atoms with Crippen molar-refractivity contribution in [1.29, 1.82) is 0 Å². The molecule has 0 heterocycles. The number of hydrogen-bond acceptors (Lipinski definition) is 3. The SMILES string of the molecule is Nc1ccc(Br)cc1.O=C(CCc1ccccc1)Nc1ccc(Br)cc1.O=C(Cl)CCc1ccccc1. The number of nitrogens with two attached hydrogens (primary N) is 1. The maximum absolute atomic E-state index is 11.7. The number of nitrogens with one attached hydrogen (secondary N) is 1. The van der Waals surface area contributed by atoms with Crippen LogP contribution in [0.4, 0.5) is 11.4 Å². The number of aryl methyl sites for hydroxylation is 2. The second kappa shape index (κ2) is 17.5. The van der Waals surface area contributed by atoms with Crippen LogP contribution in [0.3, 0.4) is 0 Å². The zero-order valence-corrected chi connectivity index (χ0v) is 24.2. The number of amides is 1. The minimum Gasteiger partial charge on any atom is -0.399 e. The normalized spacial score (nSPS) is 9.70. The summed E-state index contributed by atoms with van der Waals surface area (Å²) < 4.78 is 2.07. The van der Waals surface area contributed by atoms with Crippen molar-refractivity contribution < 1.29 is 9.59 Å². The maximum Gasteiger partial charge on any atom is 0.224 e. The molecule has 0 aliphatic heterocycles. The molecule has 37 heavy (non-hydrogen) atoms. The van der Waals surface area contributed by atoms with Crippen LogP contribution in [0.15, 0.2) is 118 Å². The van der Waals surface area contributed by atoms with E-state index >= 15 is 0 Å². The van der Waals surface area contributed by atoms with Gasteiger partial charge in [-0.3, -0.25) is 9.59 Å². The molecule has 3 N–H and O–H groups in total. The Hall–Kier alpha value is -2.93. The number of anilines is 2. The van der Waals surface area contributed by atoms with Crippen molar-refractivity contribution in [2.45, 2.75) is 25.7 Å². The van der Waals surface area contributed by atoms with Crippen LogP contribution >= 0.6 is 43.5 Å². The van der Waals surface area contributed by atoms with E-state index in [0.717, 1.165) is 38.7 Å². The Morgan fingerprint density at radius 1 is 0.649 bits per heavy atom. The lowest BCUT2D eigenvalue weighted by Crippen LogP contribution is -2.12. The Labute approximate surface area is 240 Å². The van der Waals surface area contributed by atoms with Gasteiger partial charge in [-0.05, 0) is 84.1 Å². The van der Waals surface area contributed by atoms with Crippen molar-refractivity contribution in [3.8, 4) is 0 Å². The van der Waals surface area contributed by atoms with E-state index in [1.807, 2.05) is 109 Å². The van der Waals surface area contributed by atoms with E-state index in [0.29, 0.717) is 12.8 Å². The van der Waals surface area contributed by atoms with Crippen molar-refractivity contribution in [1.82, 2.24) is 0 Å². The molecule has 0 aliphatic carbocycles. The van der Waals surface area contributed by atoms with Crippen molar-refractivity contribution in [3.63, 3.8) is 0 Å². The third kappa shape index (κ3) is 14.4. The summed E-state index contributed by atoms with van der Waals surface area (Å²) in [5, 5.41) is 2.61. The van der Waals surface area contributed by atoms with Gasteiger partial charge >= 0.3 is 0 Å². The average Bonchev–Trinajstić information content (AvgIpc) is 2.91. The van der Waals surface area contributed by atoms with Gasteiger partial charge < -0.3 is 11.1 Å². The molecular formula is C30H29Br2ClN2O2. The third-order valence-electron chi connectivity index (χ3n) is 4.93. The van der Waals surface area contributed by atoms with E-state index in [9.17, 15) is 9.59 Å². The first-order chi connectivity index (χ1) is 17.8. The predicted molar refractivity (Wildman–Crippen MR) is 162 cm³/mol. The molecule has 4 aromatic carbocycles. The highest BCUT2D eigenvalue weighted by atomic mass is 79.9. The van der Waals surface area contributed by atoms with Crippen molar-refractivity contribution in [3.05, 3.63) is 129 Å². The minimum absolute atomic E-state index is 0.0428. The molecule has 192 valence electrons. The Morgan fingerprint density at radius 3 is 1.51 bits per heavy atom. The summed E-state index contributed by atoms with van der Waals surface area (Å²) in [5.74, 6) is 0.0428. The van der Waals surface area contributed by atoms with Crippen LogP contribution in [-0.2, 0) is 22.4 Å². The predicted octanol–water partition coefficient (Wildman–Crippen LogP) is 8.44. The summed E-state index contributed by atoms with van der Waals surface area (Å²) in [6.45, 7) is 0. The lowest BCUT2D eigenvalue weighted by Gasteiger charge is -2.05. The van der Waals surface area contributed by atoms with E-state index in [4.69, 9.17) is 17.3 Å². The monoisotopic (exact) mass is 642 g/mol. The number of nitrogen functional groups attached to an aromatic ring is 1. The average molecular weight is 645 g/mol. The largest absolute Gasteiger partial charge is 0.399 e. The number of carbonyl (C=O) groups excluding carboxylic acids is 2. The Bertz CT molecular complexity index is 1180. The summed E-state index contributed by atoms with van der Waals surface area (Å²) in [5.41, 5.74) is 9.37. The van der Waals surface area contributed by atoms with E-state index in [-0.39, 0.29) is 11.1 Å². The standard InChI is InChI=1S/C15H14BrNO.C9H9ClO.C6H6BrN/c16-13-7-9-14(10-8-13)17-15(18)11-6-12-4-2-1-3-5-12;10-9(11)7-6-8-4-2-1-3-5-8;7-5-1-3-6(8)4-2-5/h1-5,7-10H,6,11H2,(H,17,18);1-5H,6-7H2;1-4H,8H2. The second-order valence-electron chi connectivity index (χ2n) is 7.93. The number of halogens is 3. The highest BCUT2D eigenvalue weighted by Crippen LogP contribution is 2.14. The molecule has 4 aromatic rings. The Balaban J connectivity index is 0.000000215. The number of rotatable bonds is 7. The van der Waals surface area contributed by atoms with Gasteiger partial charge in [0.25, 0.3) is 0 Å². The lowest BCUT2D eigenvalue weighted by atomic mass is 10.1. The Morgan fingerprint density at radius 2 is 1.08 bits per heavy atom. The first-order valence-corrected chi connectivity index (χ1v) is 13.6. The minimum atomic E-state index is -0.270. The van der Waals surface area contributed by atoms with Gasteiger partial charge in [0.2, 0.25) is 11.1 Å². The van der Waals surface area contributed by atoms with Gasteiger partial charge in [0.15, 0.2) is 0 Å². The quantitative estimate of drug-likeness (QED) is 0.157. The molecule has 0 aromatic heterocycles.